The highest BCUT2D eigenvalue weighted by atomic mass is 16.5. The standard InChI is InChI=1S/C19H24O9/c1-7(2)3-8-4-9(21)13-10(22)5-11(23)14(18(13)27-8)19-17(26)16(25)15(24)12(6-20)28-19/h4-5,7,12,15-17,19-20,22-26H,3,6H2,1-2H3/t12-,15-,16+,17-,19+/m1/s1. The van der Waals surface area contributed by atoms with Gasteiger partial charge in [0.05, 0.1) is 12.2 Å². The summed E-state index contributed by atoms with van der Waals surface area (Å²) in [5.74, 6) is -0.574. The summed E-state index contributed by atoms with van der Waals surface area (Å²) in [4.78, 5) is 12.5. The molecule has 1 fully saturated rings. The molecule has 0 aliphatic carbocycles. The zero-order valence-corrected chi connectivity index (χ0v) is 15.4. The molecule has 28 heavy (non-hydrogen) atoms. The maximum absolute atomic E-state index is 12.5. The number of phenols is 2. The van der Waals surface area contributed by atoms with Gasteiger partial charge in [0, 0.05) is 18.6 Å². The van der Waals surface area contributed by atoms with Crippen molar-refractivity contribution in [1.29, 1.82) is 0 Å². The number of phenolic OH excluding ortho intramolecular Hbond substituents is 2. The van der Waals surface area contributed by atoms with Gasteiger partial charge in [-0.05, 0) is 5.92 Å². The lowest BCUT2D eigenvalue weighted by Gasteiger charge is -2.40. The van der Waals surface area contributed by atoms with E-state index in [4.69, 9.17) is 9.15 Å². The predicted molar refractivity (Wildman–Crippen MR) is 97.1 cm³/mol. The lowest BCUT2D eigenvalue weighted by molar-refractivity contribution is -0.231. The molecule has 2 aromatic rings. The predicted octanol–water partition coefficient (Wildman–Crippen LogP) is -0.0824. The third-order valence-corrected chi connectivity index (χ3v) is 4.84. The first-order valence-corrected chi connectivity index (χ1v) is 8.97. The van der Waals surface area contributed by atoms with Gasteiger partial charge in [0.2, 0.25) is 0 Å². The van der Waals surface area contributed by atoms with E-state index in [0.717, 1.165) is 6.07 Å². The van der Waals surface area contributed by atoms with E-state index in [-0.39, 0.29) is 22.5 Å². The molecule has 6 N–H and O–H groups in total. The summed E-state index contributed by atoms with van der Waals surface area (Å²) >= 11 is 0. The molecule has 5 atom stereocenters. The number of hydrogen-bond acceptors (Lipinski definition) is 9. The Kier molecular flexibility index (Phi) is 5.64. The molecular formula is C19H24O9. The van der Waals surface area contributed by atoms with Crippen LogP contribution in [0.3, 0.4) is 0 Å². The number of aliphatic hydroxyl groups excluding tert-OH is 4. The van der Waals surface area contributed by atoms with Crippen molar-refractivity contribution in [2.24, 2.45) is 5.92 Å². The first-order chi connectivity index (χ1) is 13.1. The number of benzene rings is 1. The zero-order chi connectivity index (χ0) is 20.7. The summed E-state index contributed by atoms with van der Waals surface area (Å²) < 4.78 is 11.3. The van der Waals surface area contributed by atoms with Crippen LogP contribution in [0.25, 0.3) is 11.0 Å². The minimum atomic E-state index is -1.68. The van der Waals surface area contributed by atoms with Gasteiger partial charge in [-0.1, -0.05) is 13.8 Å². The second-order valence-corrected chi connectivity index (χ2v) is 7.46. The van der Waals surface area contributed by atoms with E-state index in [9.17, 15) is 35.4 Å². The van der Waals surface area contributed by atoms with Crippen molar-refractivity contribution in [2.75, 3.05) is 6.61 Å². The van der Waals surface area contributed by atoms with Crippen LogP contribution in [0.1, 0.15) is 31.3 Å². The molecule has 9 nitrogen and oxygen atoms in total. The van der Waals surface area contributed by atoms with Gasteiger partial charge in [-0.15, -0.1) is 0 Å². The summed E-state index contributed by atoms with van der Waals surface area (Å²) in [5, 5.41) is 60.2. The molecule has 1 aliphatic heterocycles. The van der Waals surface area contributed by atoms with Crippen molar-refractivity contribution >= 4 is 11.0 Å². The third kappa shape index (κ3) is 3.47. The Morgan fingerprint density at radius 1 is 1.04 bits per heavy atom. The molecule has 0 bridgehead atoms. The van der Waals surface area contributed by atoms with Crippen LogP contribution < -0.4 is 5.43 Å². The van der Waals surface area contributed by atoms with Crippen LogP contribution in [0.4, 0.5) is 0 Å². The molecule has 154 valence electrons. The van der Waals surface area contributed by atoms with E-state index in [1.54, 1.807) is 0 Å². The average molecular weight is 396 g/mol. The lowest BCUT2D eigenvalue weighted by atomic mass is 9.89. The highest BCUT2D eigenvalue weighted by Gasteiger charge is 2.46. The number of aliphatic hydroxyl groups is 4. The minimum absolute atomic E-state index is 0.155. The van der Waals surface area contributed by atoms with Crippen LogP contribution in [0.15, 0.2) is 21.3 Å². The largest absolute Gasteiger partial charge is 0.507 e. The highest BCUT2D eigenvalue weighted by molar-refractivity contribution is 5.88. The SMILES string of the molecule is CC(C)Cc1cc(=O)c2c(O)cc(O)c([C@@H]3O[C@H](CO)[C@@H](O)[C@H](O)[C@H]3O)c2o1. The monoisotopic (exact) mass is 396 g/mol. The van der Waals surface area contributed by atoms with E-state index in [2.05, 4.69) is 0 Å². The van der Waals surface area contributed by atoms with Crippen LogP contribution in [0, 0.1) is 5.92 Å². The Hall–Kier alpha value is -2.17. The molecule has 2 heterocycles. The topological polar surface area (TPSA) is 161 Å². The van der Waals surface area contributed by atoms with Crippen LogP contribution in [-0.2, 0) is 11.2 Å². The summed E-state index contributed by atoms with van der Waals surface area (Å²) in [6, 6.07) is 2.16. The summed E-state index contributed by atoms with van der Waals surface area (Å²) in [6.45, 7) is 3.19. The van der Waals surface area contributed by atoms with Crippen LogP contribution >= 0.6 is 0 Å². The second kappa shape index (κ2) is 7.69. The quantitative estimate of drug-likeness (QED) is 0.415. The van der Waals surface area contributed by atoms with Crippen LogP contribution in [-0.4, -0.2) is 61.7 Å². The third-order valence-electron chi connectivity index (χ3n) is 4.84. The number of hydrogen-bond donors (Lipinski definition) is 6. The van der Waals surface area contributed by atoms with Gasteiger partial charge >= 0.3 is 0 Å². The first-order valence-electron chi connectivity index (χ1n) is 8.97. The van der Waals surface area contributed by atoms with Gasteiger partial charge in [-0.2, -0.15) is 0 Å². The van der Waals surface area contributed by atoms with E-state index in [0.29, 0.717) is 12.2 Å². The molecule has 1 aromatic carbocycles. The van der Waals surface area contributed by atoms with Gasteiger partial charge in [-0.25, -0.2) is 0 Å². The van der Waals surface area contributed by atoms with Gasteiger partial charge in [-0.3, -0.25) is 4.79 Å². The number of fused-ring (bicyclic) bond motifs is 1. The first kappa shape index (κ1) is 20.6. The smallest absolute Gasteiger partial charge is 0.196 e. The van der Waals surface area contributed by atoms with Crippen molar-refractivity contribution in [3.63, 3.8) is 0 Å². The minimum Gasteiger partial charge on any atom is -0.507 e. The molecule has 0 radical (unpaired) electrons. The molecule has 1 aliphatic rings. The van der Waals surface area contributed by atoms with E-state index in [1.165, 1.54) is 6.07 Å². The van der Waals surface area contributed by atoms with Crippen molar-refractivity contribution in [2.45, 2.75) is 50.8 Å². The summed E-state index contributed by atoms with van der Waals surface area (Å²) in [5.41, 5.74) is -0.891. The molecular weight excluding hydrogens is 372 g/mol. The summed E-state index contributed by atoms with van der Waals surface area (Å²) in [7, 11) is 0. The van der Waals surface area contributed by atoms with Crippen LogP contribution in [0.2, 0.25) is 0 Å². The maximum Gasteiger partial charge on any atom is 0.196 e. The molecule has 1 saturated heterocycles. The van der Waals surface area contributed by atoms with Gasteiger partial charge in [0.25, 0.3) is 0 Å². The normalized spacial score (nSPS) is 28.2. The van der Waals surface area contributed by atoms with Crippen LogP contribution in [0.5, 0.6) is 11.5 Å². The highest BCUT2D eigenvalue weighted by Crippen LogP contribution is 2.43. The molecule has 0 unspecified atom stereocenters. The molecule has 1 aromatic heterocycles. The Morgan fingerprint density at radius 3 is 2.32 bits per heavy atom. The average Bonchev–Trinajstić information content (AvgIpc) is 2.60. The number of ether oxygens (including phenoxy) is 1. The molecule has 3 rings (SSSR count). The van der Waals surface area contributed by atoms with Crippen molar-refractivity contribution in [3.05, 3.63) is 33.7 Å². The van der Waals surface area contributed by atoms with Crippen molar-refractivity contribution < 1.29 is 39.8 Å². The molecule has 0 saturated carbocycles. The van der Waals surface area contributed by atoms with Gasteiger partial charge in [0.1, 0.15) is 53.2 Å². The Bertz CT molecular complexity index is 918. The van der Waals surface area contributed by atoms with Gasteiger partial charge in [0.15, 0.2) is 11.0 Å². The van der Waals surface area contributed by atoms with E-state index < -0.39 is 54.1 Å². The van der Waals surface area contributed by atoms with E-state index >= 15 is 0 Å². The fourth-order valence-electron chi connectivity index (χ4n) is 3.49. The zero-order valence-electron chi connectivity index (χ0n) is 15.4. The number of rotatable bonds is 4. The Balaban J connectivity index is 2.24. The molecule has 0 amide bonds. The Morgan fingerprint density at radius 2 is 1.71 bits per heavy atom. The lowest BCUT2D eigenvalue weighted by Crippen LogP contribution is -2.55. The number of aromatic hydroxyl groups is 2. The van der Waals surface area contributed by atoms with E-state index in [1.807, 2.05) is 13.8 Å². The molecule has 0 spiro atoms. The van der Waals surface area contributed by atoms with Crippen molar-refractivity contribution in [1.82, 2.24) is 0 Å². The van der Waals surface area contributed by atoms with Gasteiger partial charge < -0.3 is 39.8 Å². The second-order valence-electron chi connectivity index (χ2n) is 7.46. The fourth-order valence-corrected chi connectivity index (χ4v) is 3.49. The fraction of sp³-hybridized carbons (Fsp3) is 0.526. The Labute approximate surface area is 160 Å². The maximum atomic E-state index is 12.5. The molecule has 9 heteroatoms. The van der Waals surface area contributed by atoms with Crippen molar-refractivity contribution in [3.8, 4) is 11.5 Å². The summed E-state index contributed by atoms with van der Waals surface area (Å²) in [6.07, 6.45) is -7.16.